The van der Waals surface area contributed by atoms with E-state index in [-0.39, 0.29) is 17.9 Å². The number of halogens is 2. The first-order valence-corrected chi connectivity index (χ1v) is 10.8. The van der Waals surface area contributed by atoms with Gasteiger partial charge in [0.25, 0.3) is 11.8 Å². The largest absolute Gasteiger partial charge is 0.497 e. The van der Waals surface area contributed by atoms with E-state index in [2.05, 4.69) is 5.32 Å². The van der Waals surface area contributed by atoms with E-state index in [1.54, 1.807) is 48.5 Å². The lowest BCUT2D eigenvalue weighted by molar-refractivity contribution is -0.122. The van der Waals surface area contributed by atoms with Crippen LogP contribution in [-0.4, -0.2) is 25.0 Å². The number of nitrogens with zero attached hydrogens (tertiary/aromatic N) is 1. The van der Waals surface area contributed by atoms with Gasteiger partial charge in [0.1, 0.15) is 23.7 Å². The first-order valence-electron chi connectivity index (χ1n) is 10.1. The monoisotopic (exact) mass is 496 g/mol. The highest BCUT2D eigenvalue weighted by Gasteiger charge is 2.37. The summed E-state index contributed by atoms with van der Waals surface area (Å²) in [6.45, 7) is 0.192. The molecule has 9 heteroatoms. The van der Waals surface area contributed by atoms with E-state index in [4.69, 9.17) is 32.7 Å². The first kappa shape index (κ1) is 23.4. The van der Waals surface area contributed by atoms with Crippen LogP contribution in [0.25, 0.3) is 6.08 Å². The Kier molecular flexibility index (Phi) is 6.86. The number of anilines is 1. The number of hydrogen-bond acceptors (Lipinski definition) is 5. The van der Waals surface area contributed by atoms with Crippen molar-refractivity contribution in [2.24, 2.45) is 0 Å². The number of carbonyl (C=O) groups is 3. The van der Waals surface area contributed by atoms with Gasteiger partial charge >= 0.3 is 6.03 Å². The topological polar surface area (TPSA) is 84.9 Å². The Hall–Kier alpha value is -3.81. The van der Waals surface area contributed by atoms with Crippen molar-refractivity contribution in [2.45, 2.75) is 6.61 Å². The molecule has 3 aromatic carbocycles. The number of barbiturate groups is 1. The molecule has 1 aliphatic heterocycles. The third-order valence-corrected chi connectivity index (χ3v) is 5.44. The molecular weight excluding hydrogens is 479 g/mol. The van der Waals surface area contributed by atoms with Crippen molar-refractivity contribution in [1.82, 2.24) is 5.32 Å². The number of nitrogens with one attached hydrogen (secondary N) is 1. The fraction of sp³-hybridized carbons (Fsp3) is 0.0800. The van der Waals surface area contributed by atoms with Crippen molar-refractivity contribution >= 4 is 52.8 Å². The van der Waals surface area contributed by atoms with Gasteiger partial charge in [-0.25, -0.2) is 9.69 Å². The van der Waals surface area contributed by atoms with Gasteiger partial charge in [0, 0.05) is 21.7 Å². The quantitative estimate of drug-likeness (QED) is 0.372. The number of amides is 4. The highest BCUT2D eigenvalue weighted by Crippen LogP contribution is 2.30. The Morgan fingerprint density at radius 2 is 1.68 bits per heavy atom. The van der Waals surface area contributed by atoms with E-state index < -0.39 is 17.8 Å². The average Bonchev–Trinajstić information content (AvgIpc) is 2.81. The number of carbonyl (C=O) groups excluding carboxylic acids is 3. The standard InChI is InChI=1S/C25H18Cl2N2O5/c1-33-20-9-8-16(22(13-20)34-14-15-4-2-5-17(26)10-15)11-21-23(30)28-25(32)29(24(21)31)19-7-3-6-18(27)12-19/h2-13H,14H2,1H3,(H,28,30,32)/b21-11+. The summed E-state index contributed by atoms with van der Waals surface area (Å²) in [5.41, 5.74) is 1.28. The number of ether oxygens (including phenoxy) is 2. The third kappa shape index (κ3) is 5.06. The number of urea groups is 1. The molecule has 4 amide bonds. The molecule has 1 heterocycles. The van der Waals surface area contributed by atoms with Gasteiger partial charge in [-0.05, 0) is 54.1 Å². The molecule has 0 spiro atoms. The van der Waals surface area contributed by atoms with Gasteiger partial charge in [0.2, 0.25) is 0 Å². The van der Waals surface area contributed by atoms with Gasteiger partial charge in [0.15, 0.2) is 0 Å². The van der Waals surface area contributed by atoms with Crippen LogP contribution >= 0.6 is 23.2 Å². The predicted molar refractivity (Wildman–Crippen MR) is 129 cm³/mol. The minimum atomic E-state index is -0.860. The highest BCUT2D eigenvalue weighted by molar-refractivity contribution is 6.39. The van der Waals surface area contributed by atoms with Crippen molar-refractivity contribution in [3.63, 3.8) is 0 Å². The SMILES string of the molecule is COc1ccc(/C=C2\C(=O)NC(=O)N(c3cccc(Cl)c3)C2=O)c(OCc2cccc(Cl)c2)c1. The minimum absolute atomic E-state index is 0.192. The molecule has 7 nitrogen and oxygen atoms in total. The number of hydrogen-bond donors (Lipinski definition) is 1. The minimum Gasteiger partial charge on any atom is -0.497 e. The van der Waals surface area contributed by atoms with Gasteiger partial charge in [-0.15, -0.1) is 0 Å². The van der Waals surface area contributed by atoms with E-state index in [0.717, 1.165) is 10.5 Å². The molecule has 172 valence electrons. The number of rotatable bonds is 6. The fourth-order valence-electron chi connectivity index (χ4n) is 3.34. The summed E-state index contributed by atoms with van der Waals surface area (Å²) in [4.78, 5) is 39.0. The summed E-state index contributed by atoms with van der Waals surface area (Å²) >= 11 is 12.1. The molecule has 34 heavy (non-hydrogen) atoms. The Labute approximate surface area is 205 Å². The van der Waals surface area contributed by atoms with Crippen molar-refractivity contribution in [1.29, 1.82) is 0 Å². The van der Waals surface area contributed by atoms with Gasteiger partial charge in [-0.2, -0.15) is 0 Å². The van der Waals surface area contributed by atoms with Gasteiger partial charge in [0.05, 0.1) is 12.8 Å². The van der Waals surface area contributed by atoms with Crippen LogP contribution in [0.2, 0.25) is 10.0 Å². The molecule has 1 N–H and O–H groups in total. The van der Waals surface area contributed by atoms with Crippen molar-refractivity contribution in [3.05, 3.63) is 93.5 Å². The van der Waals surface area contributed by atoms with E-state index >= 15 is 0 Å². The molecule has 0 aromatic heterocycles. The second-order valence-electron chi connectivity index (χ2n) is 7.26. The molecule has 0 bridgehead atoms. The van der Waals surface area contributed by atoms with Gasteiger partial charge < -0.3 is 9.47 Å². The van der Waals surface area contributed by atoms with Crippen molar-refractivity contribution in [3.8, 4) is 11.5 Å². The fourth-order valence-corrected chi connectivity index (χ4v) is 3.73. The van der Waals surface area contributed by atoms with Crippen molar-refractivity contribution < 1.29 is 23.9 Å². The first-order chi connectivity index (χ1) is 16.4. The third-order valence-electron chi connectivity index (χ3n) is 4.97. The molecular formula is C25H18Cl2N2O5. The maximum atomic E-state index is 13.2. The number of benzene rings is 3. The second kappa shape index (κ2) is 9.99. The van der Waals surface area contributed by atoms with Gasteiger partial charge in [-0.1, -0.05) is 41.4 Å². The molecule has 0 atom stereocenters. The van der Waals surface area contributed by atoms with Crippen LogP contribution in [0.3, 0.4) is 0 Å². The molecule has 4 rings (SSSR count). The smallest absolute Gasteiger partial charge is 0.335 e. The summed E-state index contributed by atoms with van der Waals surface area (Å²) in [5.74, 6) is -0.699. The zero-order chi connectivity index (χ0) is 24.2. The zero-order valence-electron chi connectivity index (χ0n) is 17.9. The van der Waals surface area contributed by atoms with Crippen LogP contribution in [0.5, 0.6) is 11.5 Å². The maximum absolute atomic E-state index is 13.2. The molecule has 1 saturated heterocycles. The predicted octanol–water partition coefficient (Wildman–Crippen LogP) is 5.25. The van der Waals surface area contributed by atoms with E-state index in [9.17, 15) is 14.4 Å². The number of imide groups is 2. The lowest BCUT2D eigenvalue weighted by Gasteiger charge is -2.26. The molecule has 3 aromatic rings. The zero-order valence-corrected chi connectivity index (χ0v) is 19.4. The normalized spacial score (nSPS) is 14.9. The Bertz CT molecular complexity index is 1320. The molecule has 0 radical (unpaired) electrons. The van der Waals surface area contributed by atoms with E-state index in [1.165, 1.54) is 19.3 Å². The highest BCUT2D eigenvalue weighted by atomic mass is 35.5. The molecule has 1 fully saturated rings. The summed E-state index contributed by atoms with van der Waals surface area (Å²) in [6.07, 6.45) is 1.37. The van der Waals surface area contributed by atoms with E-state index in [1.807, 2.05) is 12.1 Å². The average molecular weight is 497 g/mol. The molecule has 0 aliphatic carbocycles. The van der Waals surface area contributed by atoms with Crippen LogP contribution in [0.4, 0.5) is 10.5 Å². The lowest BCUT2D eigenvalue weighted by atomic mass is 10.1. The van der Waals surface area contributed by atoms with E-state index in [0.29, 0.717) is 27.1 Å². The van der Waals surface area contributed by atoms with Crippen LogP contribution in [-0.2, 0) is 16.2 Å². The second-order valence-corrected chi connectivity index (χ2v) is 8.13. The molecule has 0 unspecified atom stereocenters. The number of methoxy groups -OCH3 is 1. The molecule has 1 aliphatic rings. The van der Waals surface area contributed by atoms with Crippen LogP contribution in [0.1, 0.15) is 11.1 Å². The summed E-state index contributed by atoms with van der Waals surface area (Å²) in [5, 5.41) is 3.10. The summed E-state index contributed by atoms with van der Waals surface area (Å²) < 4.78 is 11.2. The summed E-state index contributed by atoms with van der Waals surface area (Å²) in [6, 6.07) is 17.5. The van der Waals surface area contributed by atoms with Crippen LogP contribution in [0.15, 0.2) is 72.3 Å². The summed E-state index contributed by atoms with van der Waals surface area (Å²) in [7, 11) is 1.51. The van der Waals surface area contributed by atoms with Crippen LogP contribution < -0.4 is 19.7 Å². The Morgan fingerprint density at radius 1 is 0.941 bits per heavy atom. The Balaban J connectivity index is 1.69. The Morgan fingerprint density at radius 3 is 2.38 bits per heavy atom. The van der Waals surface area contributed by atoms with Crippen LogP contribution in [0, 0.1) is 0 Å². The lowest BCUT2D eigenvalue weighted by Crippen LogP contribution is -2.54. The van der Waals surface area contributed by atoms with Gasteiger partial charge in [-0.3, -0.25) is 14.9 Å². The maximum Gasteiger partial charge on any atom is 0.335 e. The molecule has 0 saturated carbocycles. The van der Waals surface area contributed by atoms with Crippen molar-refractivity contribution in [2.75, 3.05) is 12.0 Å².